The minimum atomic E-state index is -0.374. The molecular weight excluding hydrogens is 300 g/mol. The molecule has 5 nitrogen and oxygen atoms in total. The Balaban J connectivity index is 1.66. The topological polar surface area (TPSA) is 65.2 Å². The third-order valence-electron chi connectivity index (χ3n) is 3.08. The number of carbonyl (C=O) groups is 1. The van der Waals surface area contributed by atoms with E-state index in [1.165, 1.54) is 0 Å². The maximum absolute atomic E-state index is 12.0. The lowest BCUT2D eigenvalue weighted by molar-refractivity contribution is 0.0438. The summed E-state index contributed by atoms with van der Waals surface area (Å²) in [5.74, 6) is 0.312. The van der Waals surface area contributed by atoms with Gasteiger partial charge >= 0.3 is 5.97 Å². The van der Waals surface area contributed by atoms with Gasteiger partial charge in [0.25, 0.3) is 5.89 Å². The fourth-order valence-electron chi connectivity index (χ4n) is 2.05. The van der Waals surface area contributed by atoms with E-state index in [4.69, 9.17) is 9.15 Å². The van der Waals surface area contributed by atoms with E-state index < -0.39 is 0 Å². The predicted octanol–water partition coefficient (Wildman–Crippen LogP) is 3.77. The van der Waals surface area contributed by atoms with Crippen molar-refractivity contribution in [3.8, 4) is 11.5 Å². The van der Waals surface area contributed by atoms with Gasteiger partial charge in [0.1, 0.15) is 0 Å². The average molecular weight is 314 g/mol. The zero-order chi connectivity index (χ0) is 15.5. The van der Waals surface area contributed by atoms with Crippen LogP contribution in [0, 0.1) is 13.8 Å². The van der Waals surface area contributed by atoms with Crippen molar-refractivity contribution in [3.05, 3.63) is 57.6 Å². The van der Waals surface area contributed by atoms with Gasteiger partial charge in [-0.3, -0.25) is 0 Å². The van der Waals surface area contributed by atoms with E-state index in [0.29, 0.717) is 11.5 Å². The van der Waals surface area contributed by atoms with Gasteiger partial charge in [-0.15, -0.1) is 21.5 Å². The van der Waals surface area contributed by atoms with Gasteiger partial charge in [-0.1, -0.05) is 18.2 Å². The lowest BCUT2D eigenvalue weighted by Gasteiger charge is -2.00. The molecular formula is C16H14N2O3S. The van der Waals surface area contributed by atoms with Crippen LogP contribution in [0.2, 0.25) is 0 Å². The molecule has 1 aromatic carbocycles. The monoisotopic (exact) mass is 314 g/mol. The summed E-state index contributed by atoms with van der Waals surface area (Å²) in [6, 6.07) is 11.3. The molecule has 0 amide bonds. The summed E-state index contributed by atoms with van der Waals surface area (Å²) in [5, 5.41) is 7.85. The molecule has 0 bridgehead atoms. The molecule has 2 heterocycles. The molecule has 0 atom stereocenters. The molecule has 0 fully saturated rings. The van der Waals surface area contributed by atoms with E-state index >= 15 is 0 Å². The fourth-order valence-corrected chi connectivity index (χ4v) is 2.96. The SMILES string of the molecule is Cc1cc(C(=O)OCc2nnc(-c3ccccc3)o2)c(C)s1. The van der Waals surface area contributed by atoms with E-state index in [2.05, 4.69) is 10.2 Å². The van der Waals surface area contributed by atoms with E-state index in [9.17, 15) is 4.79 Å². The number of thiophene rings is 1. The lowest BCUT2D eigenvalue weighted by Crippen LogP contribution is -2.05. The van der Waals surface area contributed by atoms with Crippen molar-refractivity contribution in [3.63, 3.8) is 0 Å². The number of benzene rings is 1. The minimum absolute atomic E-state index is 0.0347. The molecule has 0 aliphatic heterocycles. The molecule has 0 radical (unpaired) electrons. The maximum atomic E-state index is 12.0. The second kappa shape index (κ2) is 6.11. The van der Waals surface area contributed by atoms with Gasteiger partial charge in [0.2, 0.25) is 5.89 Å². The van der Waals surface area contributed by atoms with Gasteiger partial charge in [-0.2, -0.15) is 0 Å². The number of esters is 1. The Kier molecular flexibility index (Phi) is 4.02. The normalized spacial score (nSPS) is 10.6. The molecule has 22 heavy (non-hydrogen) atoms. The standard InChI is InChI=1S/C16H14N2O3S/c1-10-8-13(11(2)22-10)16(19)20-9-14-17-18-15(21-14)12-6-4-3-5-7-12/h3-8H,9H2,1-2H3. The van der Waals surface area contributed by atoms with Crippen LogP contribution in [0.1, 0.15) is 26.0 Å². The van der Waals surface area contributed by atoms with Crippen molar-refractivity contribution in [2.45, 2.75) is 20.5 Å². The number of hydrogen-bond donors (Lipinski definition) is 0. The Morgan fingerprint density at radius 1 is 1.23 bits per heavy atom. The Morgan fingerprint density at radius 2 is 2.00 bits per heavy atom. The number of ether oxygens (including phenoxy) is 1. The van der Waals surface area contributed by atoms with Crippen LogP contribution in [0.15, 0.2) is 40.8 Å². The zero-order valence-corrected chi connectivity index (χ0v) is 13.0. The van der Waals surface area contributed by atoms with Crippen LogP contribution >= 0.6 is 11.3 Å². The van der Waals surface area contributed by atoms with Gasteiger partial charge in [0.05, 0.1) is 5.56 Å². The Bertz CT molecular complexity index is 793. The summed E-state index contributed by atoms with van der Waals surface area (Å²) in [4.78, 5) is 14.0. The molecule has 0 unspecified atom stereocenters. The largest absolute Gasteiger partial charge is 0.452 e. The van der Waals surface area contributed by atoms with Crippen LogP contribution in [0.25, 0.3) is 11.5 Å². The number of aromatic nitrogens is 2. The first-order valence-electron chi connectivity index (χ1n) is 6.75. The molecule has 0 spiro atoms. The van der Waals surface area contributed by atoms with E-state index in [1.54, 1.807) is 11.3 Å². The highest BCUT2D eigenvalue weighted by Crippen LogP contribution is 2.22. The quantitative estimate of drug-likeness (QED) is 0.686. The highest BCUT2D eigenvalue weighted by molar-refractivity contribution is 7.12. The van der Waals surface area contributed by atoms with Crippen molar-refractivity contribution < 1.29 is 13.9 Å². The van der Waals surface area contributed by atoms with Crippen LogP contribution in [0.5, 0.6) is 0 Å². The number of aryl methyl sites for hydroxylation is 2. The highest BCUT2D eigenvalue weighted by atomic mass is 32.1. The van der Waals surface area contributed by atoms with Crippen molar-refractivity contribution in [1.29, 1.82) is 0 Å². The molecule has 112 valence electrons. The number of rotatable bonds is 4. The molecule has 0 saturated carbocycles. The Morgan fingerprint density at radius 3 is 2.68 bits per heavy atom. The van der Waals surface area contributed by atoms with Crippen molar-refractivity contribution in [1.82, 2.24) is 10.2 Å². The zero-order valence-electron chi connectivity index (χ0n) is 12.2. The summed E-state index contributed by atoms with van der Waals surface area (Å²) >= 11 is 1.57. The van der Waals surface area contributed by atoms with E-state index in [0.717, 1.165) is 15.3 Å². The third-order valence-corrected chi connectivity index (χ3v) is 4.04. The molecule has 3 rings (SSSR count). The molecule has 0 saturated heterocycles. The predicted molar refractivity (Wildman–Crippen MR) is 82.6 cm³/mol. The second-order valence-corrected chi connectivity index (χ2v) is 6.23. The first kappa shape index (κ1) is 14.5. The molecule has 0 N–H and O–H groups in total. The Hall–Kier alpha value is -2.47. The van der Waals surface area contributed by atoms with Gasteiger partial charge in [-0.05, 0) is 32.0 Å². The molecule has 6 heteroatoms. The third kappa shape index (κ3) is 3.07. The summed E-state index contributed by atoms with van der Waals surface area (Å²) < 4.78 is 10.7. The van der Waals surface area contributed by atoms with E-state index in [-0.39, 0.29) is 18.5 Å². The molecule has 0 aliphatic rings. The number of nitrogens with zero attached hydrogens (tertiary/aromatic N) is 2. The lowest BCUT2D eigenvalue weighted by atomic mass is 10.2. The van der Waals surface area contributed by atoms with Crippen LogP contribution < -0.4 is 0 Å². The number of hydrogen-bond acceptors (Lipinski definition) is 6. The van der Waals surface area contributed by atoms with Crippen molar-refractivity contribution in [2.75, 3.05) is 0 Å². The first-order valence-corrected chi connectivity index (χ1v) is 7.57. The van der Waals surface area contributed by atoms with Crippen LogP contribution in [0.4, 0.5) is 0 Å². The van der Waals surface area contributed by atoms with Gasteiger partial charge < -0.3 is 9.15 Å². The smallest absolute Gasteiger partial charge is 0.339 e. The fraction of sp³-hybridized carbons (Fsp3) is 0.188. The van der Waals surface area contributed by atoms with Crippen LogP contribution in [-0.4, -0.2) is 16.2 Å². The Labute approximate surface area is 131 Å². The average Bonchev–Trinajstić information content (AvgIpc) is 3.12. The van der Waals surface area contributed by atoms with Gasteiger partial charge in [0.15, 0.2) is 6.61 Å². The van der Waals surface area contributed by atoms with Crippen molar-refractivity contribution in [2.24, 2.45) is 0 Å². The summed E-state index contributed by atoms with van der Waals surface area (Å²) in [7, 11) is 0. The minimum Gasteiger partial charge on any atom is -0.452 e. The molecule has 2 aromatic heterocycles. The van der Waals surface area contributed by atoms with Crippen molar-refractivity contribution >= 4 is 17.3 Å². The number of carbonyl (C=O) groups excluding carboxylic acids is 1. The van der Waals surface area contributed by atoms with E-state index in [1.807, 2.05) is 50.2 Å². The maximum Gasteiger partial charge on any atom is 0.339 e. The first-order chi connectivity index (χ1) is 10.6. The summed E-state index contributed by atoms with van der Waals surface area (Å²) in [5.41, 5.74) is 1.42. The van der Waals surface area contributed by atoms with Gasteiger partial charge in [-0.25, -0.2) is 4.79 Å². The van der Waals surface area contributed by atoms with Crippen LogP contribution in [0.3, 0.4) is 0 Å². The summed E-state index contributed by atoms with van der Waals surface area (Å²) in [6.45, 7) is 3.82. The van der Waals surface area contributed by atoms with Gasteiger partial charge in [0, 0.05) is 15.3 Å². The van der Waals surface area contributed by atoms with Crippen LogP contribution in [-0.2, 0) is 11.3 Å². The molecule has 3 aromatic rings. The highest BCUT2D eigenvalue weighted by Gasteiger charge is 2.15. The molecule has 0 aliphatic carbocycles. The second-order valence-electron chi connectivity index (χ2n) is 4.77. The summed E-state index contributed by atoms with van der Waals surface area (Å²) in [6.07, 6.45) is 0.